The van der Waals surface area contributed by atoms with Crippen LogP contribution in [0.25, 0.3) is 0 Å². The van der Waals surface area contributed by atoms with E-state index < -0.39 is 0 Å². The lowest BCUT2D eigenvalue weighted by Gasteiger charge is -2.03. The summed E-state index contributed by atoms with van der Waals surface area (Å²) in [4.78, 5) is 12.7. The van der Waals surface area contributed by atoms with Gasteiger partial charge in [-0.25, -0.2) is 15.0 Å². The summed E-state index contributed by atoms with van der Waals surface area (Å²) < 4.78 is 0. The molecule has 0 radical (unpaired) electrons. The Kier molecular flexibility index (Phi) is 4.68. The molecule has 0 atom stereocenters. The molecule has 0 spiro atoms. The van der Waals surface area contributed by atoms with Gasteiger partial charge in [0.15, 0.2) is 5.16 Å². The summed E-state index contributed by atoms with van der Waals surface area (Å²) in [6, 6.07) is 7.30. The third kappa shape index (κ3) is 3.76. The summed E-state index contributed by atoms with van der Waals surface area (Å²) in [7, 11) is 0. The lowest BCUT2D eigenvalue weighted by atomic mass is 10.4. The molecule has 2 heterocycles. The van der Waals surface area contributed by atoms with Gasteiger partial charge in [0.2, 0.25) is 0 Å². The van der Waals surface area contributed by atoms with Gasteiger partial charge in [-0.05, 0) is 18.4 Å². The van der Waals surface area contributed by atoms with E-state index in [1.807, 2.05) is 18.4 Å². The Bertz CT molecular complexity index is 550. The van der Waals surface area contributed by atoms with Crippen molar-refractivity contribution in [2.45, 2.75) is 15.9 Å². The number of pyridine rings is 1. The van der Waals surface area contributed by atoms with Crippen LogP contribution in [0.3, 0.4) is 0 Å². The lowest BCUT2D eigenvalue weighted by Crippen LogP contribution is -1.96. The van der Waals surface area contributed by atoms with Gasteiger partial charge in [-0.3, -0.25) is 0 Å². The fraction of sp³-hybridized carbons (Fsp3) is 0.182. The van der Waals surface area contributed by atoms with Gasteiger partial charge in [0.1, 0.15) is 16.0 Å². The van der Waals surface area contributed by atoms with Crippen molar-refractivity contribution in [3.05, 3.63) is 35.1 Å². The highest BCUT2D eigenvalue weighted by Crippen LogP contribution is 2.23. The molecule has 2 N–H and O–H groups in total. The highest BCUT2D eigenvalue weighted by Gasteiger charge is 2.04. The molecule has 7 heteroatoms. The van der Waals surface area contributed by atoms with Crippen LogP contribution >= 0.6 is 35.1 Å². The first-order chi connectivity index (χ1) is 8.67. The highest BCUT2D eigenvalue weighted by molar-refractivity contribution is 7.99. The van der Waals surface area contributed by atoms with Crippen LogP contribution in [0.1, 0.15) is 5.69 Å². The molecular weight excluding hydrogens is 288 g/mol. The van der Waals surface area contributed by atoms with Gasteiger partial charge >= 0.3 is 0 Å². The van der Waals surface area contributed by atoms with Crippen molar-refractivity contribution in [1.29, 1.82) is 0 Å². The molecule has 0 aliphatic rings. The summed E-state index contributed by atoms with van der Waals surface area (Å²) >= 11 is 8.85. The number of nitrogens with two attached hydrogens (primary N) is 1. The fourth-order valence-corrected chi connectivity index (χ4v) is 2.69. The summed E-state index contributed by atoms with van der Waals surface area (Å²) in [5.74, 6) is 1.15. The van der Waals surface area contributed by atoms with Gasteiger partial charge in [0.05, 0.1) is 5.69 Å². The average Bonchev–Trinajstić information content (AvgIpc) is 2.36. The van der Waals surface area contributed by atoms with E-state index in [-0.39, 0.29) is 0 Å². The predicted molar refractivity (Wildman–Crippen MR) is 77.0 cm³/mol. The van der Waals surface area contributed by atoms with Crippen LogP contribution in [0.15, 0.2) is 34.4 Å². The molecule has 4 nitrogen and oxygen atoms in total. The maximum Gasteiger partial charge on any atom is 0.190 e. The fourth-order valence-electron chi connectivity index (χ4n) is 1.26. The van der Waals surface area contributed by atoms with Crippen LogP contribution in [0.5, 0.6) is 0 Å². The molecule has 0 amide bonds. The third-order valence-electron chi connectivity index (χ3n) is 2.03. The second-order valence-corrected chi connectivity index (χ2v) is 5.51. The molecule has 0 fully saturated rings. The number of halogens is 1. The molecule has 0 aliphatic heterocycles. The number of hydrogen-bond acceptors (Lipinski definition) is 6. The van der Waals surface area contributed by atoms with Gasteiger partial charge < -0.3 is 5.73 Å². The van der Waals surface area contributed by atoms with Crippen molar-refractivity contribution < 1.29 is 0 Å². The number of hydrogen-bond donors (Lipinski definition) is 1. The minimum absolute atomic E-state index is 0.482. The van der Waals surface area contributed by atoms with E-state index in [0.29, 0.717) is 21.9 Å². The number of nitrogens with zero attached hydrogens (tertiary/aromatic N) is 3. The SMILES string of the molecule is CSc1cc(N)nc(SCc2cccc(Cl)n2)n1. The van der Waals surface area contributed by atoms with E-state index in [1.54, 1.807) is 23.9 Å². The normalized spacial score (nSPS) is 10.6. The quantitative estimate of drug-likeness (QED) is 0.405. The Morgan fingerprint density at radius 3 is 2.83 bits per heavy atom. The topological polar surface area (TPSA) is 64.7 Å². The second kappa shape index (κ2) is 6.26. The Morgan fingerprint density at radius 2 is 2.11 bits per heavy atom. The van der Waals surface area contributed by atoms with Crippen molar-refractivity contribution in [2.75, 3.05) is 12.0 Å². The van der Waals surface area contributed by atoms with Gasteiger partial charge in [0.25, 0.3) is 0 Å². The molecule has 0 bridgehead atoms. The summed E-state index contributed by atoms with van der Waals surface area (Å²) in [5, 5.41) is 2.01. The molecule has 0 saturated carbocycles. The minimum atomic E-state index is 0.482. The Morgan fingerprint density at radius 1 is 1.28 bits per heavy atom. The Hall–Kier alpha value is -0.980. The molecule has 0 unspecified atom stereocenters. The van der Waals surface area contributed by atoms with Crippen LogP contribution < -0.4 is 5.73 Å². The predicted octanol–water partition coefficient (Wildman–Crippen LogP) is 3.12. The number of anilines is 1. The molecule has 0 saturated heterocycles. The Labute approximate surface area is 119 Å². The number of rotatable bonds is 4. The second-order valence-electron chi connectivity index (χ2n) is 3.36. The van der Waals surface area contributed by atoms with Crippen molar-refractivity contribution >= 4 is 40.9 Å². The van der Waals surface area contributed by atoms with E-state index in [1.165, 1.54) is 11.8 Å². The smallest absolute Gasteiger partial charge is 0.190 e. The van der Waals surface area contributed by atoms with Crippen LogP contribution in [0, 0.1) is 0 Å². The molecule has 18 heavy (non-hydrogen) atoms. The zero-order valence-electron chi connectivity index (χ0n) is 9.63. The van der Waals surface area contributed by atoms with Crippen molar-refractivity contribution in [3.63, 3.8) is 0 Å². The van der Waals surface area contributed by atoms with E-state index >= 15 is 0 Å². The van der Waals surface area contributed by atoms with Crippen LogP contribution in [0.2, 0.25) is 5.15 Å². The van der Waals surface area contributed by atoms with Gasteiger partial charge in [-0.2, -0.15) is 0 Å². The third-order valence-corrected chi connectivity index (χ3v) is 3.75. The lowest BCUT2D eigenvalue weighted by molar-refractivity contribution is 0.899. The van der Waals surface area contributed by atoms with E-state index in [9.17, 15) is 0 Å². The van der Waals surface area contributed by atoms with E-state index in [2.05, 4.69) is 15.0 Å². The maximum absolute atomic E-state index is 5.82. The Balaban J connectivity index is 2.08. The van der Waals surface area contributed by atoms with Gasteiger partial charge in [-0.1, -0.05) is 29.4 Å². The standard InChI is InChI=1S/C11H11ClN4S2/c1-17-10-5-9(13)15-11(16-10)18-6-7-3-2-4-8(12)14-7/h2-5H,6H2,1H3,(H2,13,15,16). The first-order valence-corrected chi connectivity index (χ1v) is 7.69. The highest BCUT2D eigenvalue weighted by atomic mass is 35.5. The maximum atomic E-state index is 5.82. The summed E-state index contributed by atoms with van der Waals surface area (Å²) in [6.07, 6.45) is 1.95. The van der Waals surface area contributed by atoms with Crippen LogP contribution in [-0.4, -0.2) is 21.2 Å². The molecular formula is C11H11ClN4S2. The summed E-state index contributed by atoms with van der Waals surface area (Å²) in [6.45, 7) is 0. The molecule has 2 aromatic rings. The largest absolute Gasteiger partial charge is 0.384 e. The monoisotopic (exact) mass is 298 g/mol. The van der Waals surface area contributed by atoms with Crippen molar-refractivity contribution in [2.24, 2.45) is 0 Å². The number of nitrogen functional groups attached to an aromatic ring is 1. The van der Waals surface area contributed by atoms with Gasteiger partial charge in [0, 0.05) is 11.8 Å². The molecule has 2 rings (SSSR count). The van der Waals surface area contributed by atoms with Crippen LogP contribution in [0.4, 0.5) is 5.82 Å². The first kappa shape index (κ1) is 13.5. The van der Waals surface area contributed by atoms with E-state index in [4.69, 9.17) is 17.3 Å². The number of aromatic nitrogens is 3. The molecule has 0 aromatic carbocycles. The number of thioether (sulfide) groups is 2. The van der Waals surface area contributed by atoms with Crippen molar-refractivity contribution in [1.82, 2.24) is 15.0 Å². The van der Waals surface area contributed by atoms with E-state index in [0.717, 1.165) is 10.7 Å². The first-order valence-electron chi connectivity index (χ1n) is 5.10. The minimum Gasteiger partial charge on any atom is -0.384 e. The molecule has 94 valence electrons. The van der Waals surface area contributed by atoms with Gasteiger partial charge in [-0.15, -0.1) is 11.8 Å². The molecule has 2 aromatic heterocycles. The zero-order chi connectivity index (χ0) is 13.0. The van der Waals surface area contributed by atoms with Crippen LogP contribution in [-0.2, 0) is 5.75 Å². The summed E-state index contributed by atoms with van der Waals surface area (Å²) in [5.41, 5.74) is 6.61. The zero-order valence-corrected chi connectivity index (χ0v) is 12.0. The van der Waals surface area contributed by atoms with Crippen molar-refractivity contribution in [3.8, 4) is 0 Å². The molecule has 0 aliphatic carbocycles. The average molecular weight is 299 g/mol.